The molecule has 1 unspecified atom stereocenters. The number of hydrogen-bond acceptors (Lipinski definition) is 4. The molecule has 4 nitrogen and oxygen atoms in total. The van der Waals surface area contributed by atoms with E-state index >= 15 is 0 Å². The molecule has 1 aliphatic rings. The fourth-order valence-corrected chi connectivity index (χ4v) is 2.55. The summed E-state index contributed by atoms with van der Waals surface area (Å²) in [5, 5.41) is 3.35. The molecule has 0 bridgehead atoms. The summed E-state index contributed by atoms with van der Waals surface area (Å²) in [6, 6.07) is 8.79. The van der Waals surface area contributed by atoms with E-state index in [1.807, 2.05) is 12.1 Å². The Balaban J connectivity index is 1.87. The molecule has 1 N–H and O–H groups in total. The number of para-hydroxylation sites is 1. The molecule has 1 fully saturated rings. The largest absolute Gasteiger partial charge is 0.490 e. The number of ether oxygens (including phenoxy) is 2. The van der Waals surface area contributed by atoms with Gasteiger partial charge in [-0.15, -0.1) is 0 Å². The van der Waals surface area contributed by atoms with Gasteiger partial charge in [-0.05, 0) is 26.5 Å². The molecule has 0 aromatic heterocycles. The van der Waals surface area contributed by atoms with Crippen molar-refractivity contribution in [3.63, 3.8) is 0 Å². The van der Waals surface area contributed by atoms with Gasteiger partial charge in [-0.2, -0.15) is 0 Å². The molecule has 1 aromatic carbocycles. The minimum Gasteiger partial charge on any atom is -0.490 e. The van der Waals surface area contributed by atoms with Crippen molar-refractivity contribution in [2.24, 2.45) is 0 Å². The number of benzene rings is 1. The van der Waals surface area contributed by atoms with E-state index in [1.165, 1.54) is 5.56 Å². The standard InChI is InChI=1S/C17H28N2O2/c1-4-18-11-15-7-5-6-8-17(15)21-13-16-12-19(14(2)3)9-10-20-16/h5-8,14,16,18H,4,9-13H2,1-3H3. The van der Waals surface area contributed by atoms with Gasteiger partial charge in [0.1, 0.15) is 18.5 Å². The molecule has 21 heavy (non-hydrogen) atoms. The fraction of sp³-hybridized carbons (Fsp3) is 0.647. The van der Waals surface area contributed by atoms with Gasteiger partial charge in [0.15, 0.2) is 0 Å². The van der Waals surface area contributed by atoms with Crippen LogP contribution in [0.3, 0.4) is 0 Å². The van der Waals surface area contributed by atoms with Crippen molar-refractivity contribution in [2.75, 3.05) is 32.8 Å². The van der Waals surface area contributed by atoms with Crippen LogP contribution in [0.1, 0.15) is 26.3 Å². The quantitative estimate of drug-likeness (QED) is 0.836. The van der Waals surface area contributed by atoms with Crippen LogP contribution in [0.2, 0.25) is 0 Å². The zero-order valence-corrected chi connectivity index (χ0v) is 13.5. The van der Waals surface area contributed by atoms with Crippen molar-refractivity contribution < 1.29 is 9.47 Å². The molecule has 0 aliphatic carbocycles. The van der Waals surface area contributed by atoms with Gasteiger partial charge in [-0.1, -0.05) is 25.1 Å². The van der Waals surface area contributed by atoms with Gasteiger partial charge in [0.25, 0.3) is 0 Å². The number of rotatable bonds is 7. The molecule has 2 rings (SSSR count). The third-order valence-corrected chi connectivity index (χ3v) is 3.86. The zero-order valence-electron chi connectivity index (χ0n) is 13.5. The molecule has 0 saturated carbocycles. The van der Waals surface area contributed by atoms with Crippen LogP contribution >= 0.6 is 0 Å². The van der Waals surface area contributed by atoms with Crippen LogP contribution in [0.5, 0.6) is 5.75 Å². The van der Waals surface area contributed by atoms with Crippen LogP contribution in [-0.2, 0) is 11.3 Å². The Morgan fingerprint density at radius 1 is 1.38 bits per heavy atom. The normalized spacial score (nSPS) is 19.9. The lowest BCUT2D eigenvalue weighted by atomic mass is 10.2. The topological polar surface area (TPSA) is 33.7 Å². The predicted octanol–water partition coefficient (Wildman–Crippen LogP) is 2.28. The molecule has 0 radical (unpaired) electrons. The summed E-state index contributed by atoms with van der Waals surface area (Å²) in [7, 11) is 0. The molecule has 4 heteroatoms. The highest BCUT2D eigenvalue weighted by molar-refractivity contribution is 5.33. The zero-order chi connectivity index (χ0) is 15.1. The van der Waals surface area contributed by atoms with Gasteiger partial charge < -0.3 is 14.8 Å². The highest BCUT2D eigenvalue weighted by atomic mass is 16.5. The first kappa shape index (κ1) is 16.3. The monoisotopic (exact) mass is 292 g/mol. The molecule has 1 aromatic rings. The van der Waals surface area contributed by atoms with Crippen LogP contribution in [0.25, 0.3) is 0 Å². The van der Waals surface area contributed by atoms with Crippen molar-refractivity contribution in [2.45, 2.75) is 39.5 Å². The van der Waals surface area contributed by atoms with Gasteiger partial charge in [0, 0.05) is 31.2 Å². The van der Waals surface area contributed by atoms with Crippen LogP contribution in [-0.4, -0.2) is 49.9 Å². The molecule has 0 amide bonds. The van der Waals surface area contributed by atoms with E-state index in [0.717, 1.165) is 38.5 Å². The first-order valence-corrected chi connectivity index (χ1v) is 7.97. The summed E-state index contributed by atoms with van der Waals surface area (Å²) in [4.78, 5) is 2.45. The van der Waals surface area contributed by atoms with Gasteiger partial charge in [0.2, 0.25) is 0 Å². The Morgan fingerprint density at radius 3 is 2.95 bits per heavy atom. The van der Waals surface area contributed by atoms with E-state index in [4.69, 9.17) is 9.47 Å². The minimum absolute atomic E-state index is 0.161. The van der Waals surface area contributed by atoms with Gasteiger partial charge in [-0.25, -0.2) is 0 Å². The second kappa shape index (κ2) is 8.37. The Morgan fingerprint density at radius 2 is 2.19 bits per heavy atom. The summed E-state index contributed by atoms with van der Waals surface area (Å²) >= 11 is 0. The van der Waals surface area contributed by atoms with E-state index in [9.17, 15) is 0 Å². The first-order valence-electron chi connectivity index (χ1n) is 7.97. The SMILES string of the molecule is CCNCc1ccccc1OCC1CN(C(C)C)CCO1. The van der Waals surface area contributed by atoms with Crippen molar-refractivity contribution in [1.29, 1.82) is 0 Å². The van der Waals surface area contributed by atoms with E-state index in [2.05, 4.69) is 43.1 Å². The van der Waals surface area contributed by atoms with Crippen LogP contribution in [0.15, 0.2) is 24.3 Å². The lowest BCUT2D eigenvalue weighted by molar-refractivity contribution is -0.0565. The van der Waals surface area contributed by atoms with Crippen molar-refractivity contribution in [1.82, 2.24) is 10.2 Å². The molecular weight excluding hydrogens is 264 g/mol. The maximum atomic E-state index is 6.01. The summed E-state index contributed by atoms with van der Waals surface area (Å²) in [5.41, 5.74) is 1.20. The van der Waals surface area contributed by atoms with Gasteiger partial charge in [-0.3, -0.25) is 4.90 Å². The minimum atomic E-state index is 0.161. The third-order valence-electron chi connectivity index (χ3n) is 3.86. The molecule has 1 aliphatic heterocycles. The number of morpholine rings is 1. The Bertz CT molecular complexity index is 423. The maximum Gasteiger partial charge on any atom is 0.123 e. The van der Waals surface area contributed by atoms with Crippen LogP contribution < -0.4 is 10.1 Å². The number of nitrogens with zero attached hydrogens (tertiary/aromatic N) is 1. The van der Waals surface area contributed by atoms with Gasteiger partial charge in [0.05, 0.1) is 6.61 Å². The van der Waals surface area contributed by atoms with Crippen LogP contribution in [0, 0.1) is 0 Å². The van der Waals surface area contributed by atoms with E-state index in [-0.39, 0.29) is 6.10 Å². The van der Waals surface area contributed by atoms with Gasteiger partial charge >= 0.3 is 0 Å². The van der Waals surface area contributed by atoms with E-state index < -0.39 is 0 Å². The van der Waals surface area contributed by atoms with E-state index in [0.29, 0.717) is 12.6 Å². The Labute approximate surface area is 128 Å². The third kappa shape index (κ3) is 4.99. The van der Waals surface area contributed by atoms with Crippen LogP contribution in [0.4, 0.5) is 0 Å². The summed E-state index contributed by atoms with van der Waals surface area (Å²) in [5.74, 6) is 0.962. The van der Waals surface area contributed by atoms with Crippen molar-refractivity contribution >= 4 is 0 Å². The average molecular weight is 292 g/mol. The summed E-state index contributed by atoms with van der Waals surface area (Å²) in [6.45, 7) is 11.8. The van der Waals surface area contributed by atoms with E-state index in [1.54, 1.807) is 0 Å². The highest BCUT2D eigenvalue weighted by Gasteiger charge is 2.22. The summed E-state index contributed by atoms with van der Waals surface area (Å²) < 4.78 is 11.8. The Kier molecular flexibility index (Phi) is 6.49. The number of hydrogen-bond donors (Lipinski definition) is 1. The fourth-order valence-electron chi connectivity index (χ4n) is 2.55. The van der Waals surface area contributed by atoms with Crippen molar-refractivity contribution in [3.8, 4) is 5.75 Å². The lowest BCUT2D eigenvalue weighted by Gasteiger charge is -2.35. The predicted molar refractivity (Wildman–Crippen MR) is 85.8 cm³/mol. The molecule has 118 valence electrons. The number of nitrogens with one attached hydrogen (secondary N) is 1. The molecule has 1 saturated heterocycles. The molecular formula is C17H28N2O2. The molecule has 1 atom stereocenters. The summed E-state index contributed by atoms with van der Waals surface area (Å²) in [6.07, 6.45) is 0.161. The van der Waals surface area contributed by atoms with Crippen molar-refractivity contribution in [3.05, 3.63) is 29.8 Å². The second-order valence-electron chi connectivity index (χ2n) is 5.78. The maximum absolute atomic E-state index is 6.01. The first-order chi connectivity index (χ1) is 10.2. The second-order valence-corrected chi connectivity index (χ2v) is 5.78. The highest BCUT2D eigenvalue weighted by Crippen LogP contribution is 2.19. The lowest BCUT2D eigenvalue weighted by Crippen LogP contribution is -2.47. The Hall–Kier alpha value is -1.10. The average Bonchev–Trinajstić information content (AvgIpc) is 2.52. The molecule has 1 heterocycles. The smallest absolute Gasteiger partial charge is 0.123 e. The molecule has 0 spiro atoms.